The number of rotatable bonds is 5. The molecule has 0 fully saturated rings. The van der Waals surface area contributed by atoms with Crippen LogP contribution in [0, 0.1) is 6.92 Å². The lowest BCUT2D eigenvalue weighted by Gasteiger charge is -2.20. The van der Waals surface area contributed by atoms with Crippen molar-refractivity contribution >= 4 is 5.97 Å². The Bertz CT molecular complexity index is 376. The topological polar surface area (TPSA) is 52.3 Å². The third kappa shape index (κ3) is 3.56. The summed E-state index contributed by atoms with van der Waals surface area (Å²) in [6, 6.07) is 7.69. The molecule has 17 heavy (non-hydrogen) atoms. The molecule has 0 saturated carbocycles. The Morgan fingerprint density at radius 2 is 2.06 bits per heavy atom. The van der Waals surface area contributed by atoms with Crippen molar-refractivity contribution in [1.82, 2.24) is 0 Å². The van der Waals surface area contributed by atoms with Crippen LogP contribution in [0.5, 0.6) is 0 Å². The van der Waals surface area contributed by atoms with E-state index in [-0.39, 0.29) is 5.97 Å². The standard InChI is InChI=1S/C14H21NO2/c1-4-11(9-13(15)14(16)17-3)12-8-6-5-7-10(12)2/h5-8,11,13H,4,9,15H2,1-3H3. The molecule has 3 nitrogen and oxygen atoms in total. The second-order valence-electron chi connectivity index (χ2n) is 4.33. The van der Waals surface area contributed by atoms with Gasteiger partial charge in [0.05, 0.1) is 7.11 Å². The minimum Gasteiger partial charge on any atom is -0.468 e. The molecule has 1 aromatic rings. The van der Waals surface area contributed by atoms with Gasteiger partial charge in [-0.1, -0.05) is 31.2 Å². The maximum atomic E-state index is 11.3. The van der Waals surface area contributed by atoms with Crippen LogP contribution in [-0.4, -0.2) is 19.1 Å². The van der Waals surface area contributed by atoms with Crippen LogP contribution < -0.4 is 5.73 Å². The molecule has 3 heteroatoms. The molecule has 0 aliphatic carbocycles. The molecule has 0 aromatic heterocycles. The third-order valence-corrected chi connectivity index (χ3v) is 3.16. The Kier molecular flexibility index (Phi) is 5.16. The maximum Gasteiger partial charge on any atom is 0.322 e. The molecule has 0 amide bonds. The van der Waals surface area contributed by atoms with Gasteiger partial charge in [-0.05, 0) is 36.8 Å². The van der Waals surface area contributed by atoms with Gasteiger partial charge in [0, 0.05) is 0 Å². The second kappa shape index (κ2) is 6.40. The van der Waals surface area contributed by atoms with Crippen LogP contribution in [0.1, 0.15) is 36.8 Å². The number of methoxy groups -OCH3 is 1. The van der Waals surface area contributed by atoms with E-state index in [1.807, 2.05) is 12.1 Å². The van der Waals surface area contributed by atoms with Gasteiger partial charge in [-0.25, -0.2) is 0 Å². The number of carbonyl (C=O) groups is 1. The average molecular weight is 235 g/mol. The molecule has 2 unspecified atom stereocenters. The third-order valence-electron chi connectivity index (χ3n) is 3.16. The van der Waals surface area contributed by atoms with Crippen LogP contribution in [0.15, 0.2) is 24.3 Å². The zero-order valence-corrected chi connectivity index (χ0v) is 10.8. The van der Waals surface area contributed by atoms with Crippen molar-refractivity contribution in [3.05, 3.63) is 35.4 Å². The van der Waals surface area contributed by atoms with Gasteiger partial charge in [-0.15, -0.1) is 0 Å². The molecule has 2 N–H and O–H groups in total. The van der Waals surface area contributed by atoms with Crippen LogP contribution in [-0.2, 0) is 9.53 Å². The van der Waals surface area contributed by atoms with Crippen molar-refractivity contribution in [2.24, 2.45) is 5.73 Å². The van der Waals surface area contributed by atoms with Gasteiger partial charge in [0.15, 0.2) is 0 Å². The lowest BCUT2D eigenvalue weighted by Crippen LogP contribution is -2.33. The number of aryl methyl sites for hydroxylation is 1. The van der Waals surface area contributed by atoms with E-state index in [0.717, 1.165) is 6.42 Å². The van der Waals surface area contributed by atoms with Crippen molar-refractivity contribution < 1.29 is 9.53 Å². The second-order valence-corrected chi connectivity index (χ2v) is 4.33. The maximum absolute atomic E-state index is 11.3. The molecule has 1 rings (SSSR count). The van der Waals surface area contributed by atoms with Gasteiger partial charge in [0.25, 0.3) is 0 Å². The van der Waals surface area contributed by atoms with E-state index in [2.05, 4.69) is 30.7 Å². The van der Waals surface area contributed by atoms with Crippen molar-refractivity contribution in [3.63, 3.8) is 0 Å². The summed E-state index contributed by atoms with van der Waals surface area (Å²) in [5.41, 5.74) is 8.34. The van der Waals surface area contributed by atoms with Crippen LogP contribution in [0.2, 0.25) is 0 Å². The molecule has 0 spiro atoms. The molecule has 0 aliphatic rings. The quantitative estimate of drug-likeness (QED) is 0.797. The van der Waals surface area contributed by atoms with E-state index < -0.39 is 6.04 Å². The molecule has 0 saturated heterocycles. The smallest absolute Gasteiger partial charge is 0.322 e. The SMILES string of the molecule is CCC(CC(N)C(=O)OC)c1ccccc1C. The lowest BCUT2D eigenvalue weighted by atomic mass is 9.87. The molecular weight excluding hydrogens is 214 g/mol. The molecule has 2 atom stereocenters. The molecule has 0 heterocycles. The van der Waals surface area contributed by atoms with Crippen LogP contribution >= 0.6 is 0 Å². The van der Waals surface area contributed by atoms with Crippen molar-refractivity contribution in [2.45, 2.75) is 38.6 Å². The summed E-state index contributed by atoms with van der Waals surface area (Å²) in [4.78, 5) is 11.3. The first-order chi connectivity index (χ1) is 8.10. The monoisotopic (exact) mass is 235 g/mol. The molecule has 0 radical (unpaired) electrons. The first-order valence-corrected chi connectivity index (χ1v) is 5.99. The highest BCUT2D eigenvalue weighted by atomic mass is 16.5. The van der Waals surface area contributed by atoms with E-state index >= 15 is 0 Å². The van der Waals surface area contributed by atoms with Gasteiger partial charge >= 0.3 is 5.97 Å². The zero-order valence-electron chi connectivity index (χ0n) is 10.8. The summed E-state index contributed by atoms with van der Waals surface area (Å²) in [7, 11) is 1.37. The predicted octanol–water partition coefficient (Wildman–Crippen LogP) is 2.38. The lowest BCUT2D eigenvalue weighted by molar-refractivity contribution is -0.142. The Hall–Kier alpha value is -1.35. The van der Waals surface area contributed by atoms with Gasteiger partial charge in [0.2, 0.25) is 0 Å². The number of hydrogen-bond donors (Lipinski definition) is 1. The number of benzene rings is 1. The first-order valence-electron chi connectivity index (χ1n) is 5.99. The Morgan fingerprint density at radius 1 is 1.41 bits per heavy atom. The van der Waals surface area contributed by atoms with Crippen molar-refractivity contribution in [2.75, 3.05) is 7.11 Å². The normalized spacial score (nSPS) is 14.1. The van der Waals surface area contributed by atoms with E-state index in [9.17, 15) is 4.79 Å². The number of carbonyl (C=O) groups excluding carboxylic acids is 1. The molecule has 1 aromatic carbocycles. The number of nitrogens with two attached hydrogens (primary N) is 1. The predicted molar refractivity (Wildman–Crippen MR) is 68.8 cm³/mol. The van der Waals surface area contributed by atoms with Crippen molar-refractivity contribution in [1.29, 1.82) is 0 Å². The van der Waals surface area contributed by atoms with Crippen LogP contribution in [0.4, 0.5) is 0 Å². The van der Waals surface area contributed by atoms with E-state index in [4.69, 9.17) is 5.73 Å². The molecular formula is C14H21NO2. The average Bonchev–Trinajstić information content (AvgIpc) is 2.35. The fraction of sp³-hybridized carbons (Fsp3) is 0.500. The van der Waals surface area contributed by atoms with Gasteiger partial charge < -0.3 is 10.5 Å². The Labute approximate surface area is 103 Å². The number of hydrogen-bond acceptors (Lipinski definition) is 3. The minimum atomic E-state index is -0.537. The number of esters is 1. The van der Waals surface area contributed by atoms with E-state index in [1.54, 1.807) is 0 Å². The fourth-order valence-corrected chi connectivity index (χ4v) is 2.11. The Morgan fingerprint density at radius 3 is 2.59 bits per heavy atom. The molecule has 94 valence electrons. The molecule has 0 aliphatic heterocycles. The highest BCUT2D eigenvalue weighted by Crippen LogP contribution is 2.27. The first kappa shape index (κ1) is 13.7. The van der Waals surface area contributed by atoms with E-state index in [0.29, 0.717) is 12.3 Å². The zero-order chi connectivity index (χ0) is 12.8. The minimum absolute atomic E-state index is 0.310. The summed E-state index contributed by atoms with van der Waals surface area (Å²) in [6.07, 6.45) is 1.60. The highest BCUT2D eigenvalue weighted by molar-refractivity contribution is 5.75. The highest BCUT2D eigenvalue weighted by Gasteiger charge is 2.20. The molecule has 0 bridgehead atoms. The number of ether oxygens (including phenoxy) is 1. The van der Waals surface area contributed by atoms with Crippen LogP contribution in [0.25, 0.3) is 0 Å². The van der Waals surface area contributed by atoms with Gasteiger partial charge in [-0.2, -0.15) is 0 Å². The largest absolute Gasteiger partial charge is 0.468 e. The van der Waals surface area contributed by atoms with Crippen molar-refractivity contribution in [3.8, 4) is 0 Å². The van der Waals surface area contributed by atoms with Gasteiger partial charge in [-0.3, -0.25) is 4.79 Å². The van der Waals surface area contributed by atoms with Crippen LogP contribution in [0.3, 0.4) is 0 Å². The summed E-state index contributed by atoms with van der Waals surface area (Å²) >= 11 is 0. The Balaban J connectivity index is 2.79. The summed E-state index contributed by atoms with van der Waals surface area (Å²) in [5.74, 6) is -0.0256. The summed E-state index contributed by atoms with van der Waals surface area (Å²) in [5, 5.41) is 0. The van der Waals surface area contributed by atoms with E-state index in [1.165, 1.54) is 18.2 Å². The fourth-order valence-electron chi connectivity index (χ4n) is 2.11. The summed E-state index contributed by atoms with van der Waals surface area (Å²) < 4.78 is 4.66. The summed E-state index contributed by atoms with van der Waals surface area (Å²) in [6.45, 7) is 4.20. The van der Waals surface area contributed by atoms with Gasteiger partial charge in [0.1, 0.15) is 6.04 Å².